The van der Waals surface area contributed by atoms with Crippen LogP contribution in [0.3, 0.4) is 0 Å². The van der Waals surface area contributed by atoms with E-state index in [9.17, 15) is 9.90 Å². The molecule has 5 nitrogen and oxygen atoms in total. The van der Waals surface area contributed by atoms with Crippen molar-refractivity contribution in [3.05, 3.63) is 52.7 Å². The number of aromatic hydroxyl groups is 1. The maximum Gasteiger partial charge on any atom is 0.195 e. The van der Waals surface area contributed by atoms with Crippen molar-refractivity contribution >= 4 is 22.3 Å². The molecule has 5 heteroatoms. The zero-order chi connectivity index (χ0) is 14.3. The highest BCUT2D eigenvalue weighted by atomic mass is 16.3. The molecule has 0 saturated carbocycles. The van der Waals surface area contributed by atoms with Gasteiger partial charge in [-0.1, -0.05) is 6.07 Å². The van der Waals surface area contributed by atoms with Crippen molar-refractivity contribution in [3.8, 4) is 17.1 Å². The Labute approximate surface area is 114 Å². The van der Waals surface area contributed by atoms with Gasteiger partial charge in [0, 0.05) is 23.5 Å². The number of benzene rings is 2. The van der Waals surface area contributed by atoms with Gasteiger partial charge in [0.25, 0.3) is 0 Å². The van der Waals surface area contributed by atoms with Crippen molar-refractivity contribution in [3.63, 3.8) is 0 Å². The van der Waals surface area contributed by atoms with Gasteiger partial charge in [-0.05, 0) is 24.3 Å². The molecule has 0 spiro atoms. The van der Waals surface area contributed by atoms with E-state index in [1.807, 2.05) is 0 Å². The fourth-order valence-corrected chi connectivity index (χ4v) is 2.13. The zero-order valence-corrected chi connectivity index (χ0v) is 10.5. The lowest BCUT2D eigenvalue weighted by Crippen LogP contribution is -2.03. The lowest BCUT2D eigenvalue weighted by atomic mass is 10.1. The predicted molar refractivity (Wildman–Crippen MR) is 78.4 cm³/mol. The molecule has 0 fully saturated rings. The van der Waals surface area contributed by atoms with Crippen LogP contribution >= 0.6 is 0 Å². The Balaban J connectivity index is 2.31. The third-order valence-corrected chi connectivity index (χ3v) is 3.07. The molecule has 0 aliphatic carbocycles. The van der Waals surface area contributed by atoms with Crippen LogP contribution in [0.1, 0.15) is 0 Å². The monoisotopic (exact) mass is 268 g/mol. The van der Waals surface area contributed by atoms with E-state index in [1.54, 1.807) is 30.3 Å². The Morgan fingerprint density at radius 2 is 1.85 bits per heavy atom. The lowest BCUT2D eigenvalue weighted by molar-refractivity contribution is 0.474. The summed E-state index contributed by atoms with van der Waals surface area (Å²) in [6.07, 6.45) is 0. The SMILES string of the molecule is Nc1ccc(-c2cc(=O)c3c(N)cccc3o2)c(O)c1. The first-order chi connectivity index (χ1) is 9.56. The second-order valence-corrected chi connectivity index (χ2v) is 4.47. The predicted octanol–water partition coefficient (Wildman–Crippen LogP) is 2.33. The lowest BCUT2D eigenvalue weighted by Gasteiger charge is -2.07. The average Bonchev–Trinajstić information content (AvgIpc) is 2.38. The highest BCUT2D eigenvalue weighted by Crippen LogP contribution is 2.32. The summed E-state index contributed by atoms with van der Waals surface area (Å²) in [7, 11) is 0. The topological polar surface area (TPSA) is 102 Å². The van der Waals surface area contributed by atoms with Gasteiger partial charge >= 0.3 is 0 Å². The molecule has 100 valence electrons. The first-order valence-corrected chi connectivity index (χ1v) is 5.97. The molecule has 2 aromatic carbocycles. The molecule has 0 aliphatic heterocycles. The Bertz CT molecular complexity index is 869. The molecule has 0 unspecified atom stereocenters. The van der Waals surface area contributed by atoms with Crippen molar-refractivity contribution in [2.45, 2.75) is 0 Å². The Morgan fingerprint density at radius 3 is 2.60 bits per heavy atom. The van der Waals surface area contributed by atoms with Gasteiger partial charge in [-0.2, -0.15) is 0 Å². The van der Waals surface area contributed by atoms with Crippen molar-refractivity contribution in [1.82, 2.24) is 0 Å². The molecule has 0 amide bonds. The molecule has 20 heavy (non-hydrogen) atoms. The maximum atomic E-state index is 12.1. The molecule has 0 radical (unpaired) electrons. The Hall–Kier alpha value is -2.95. The maximum absolute atomic E-state index is 12.1. The summed E-state index contributed by atoms with van der Waals surface area (Å²) >= 11 is 0. The van der Waals surface area contributed by atoms with Crippen LogP contribution in [0.15, 0.2) is 51.7 Å². The molecule has 0 bridgehead atoms. The van der Waals surface area contributed by atoms with Crippen LogP contribution in [0.4, 0.5) is 11.4 Å². The van der Waals surface area contributed by atoms with E-state index in [-0.39, 0.29) is 16.9 Å². The number of hydrogen-bond donors (Lipinski definition) is 3. The molecule has 0 saturated heterocycles. The molecular weight excluding hydrogens is 256 g/mol. The minimum atomic E-state index is -0.254. The summed E-state index contributed by atoms with van der Waals surface area (Å²) in [5.74, 6) is 0.224. The number of hydrogen-bond acceptors (Lipinski definition) is 5. The van der Waals surface area contributed by atoms with Crippen LogP contribution in [0.5, 0.6) is 5.75 Å². The minimum absolute atomic E-state index is 0.0450. The van der Waals surface area contributed by atoms with E-state index in [1.165, 1.54) is 12.1 Å². The van der Waals surface area contributed by atoms with Crippen LogP contribution < -0.4 is 16.9 Å². The van der Waals surface area contributed by atoms with Crippen molar-refractivity contribution in [1.29, 1.82) is 0 Å². The summed E-state index contributed by atoms with van der Waals surface area (Å²) in [5.41, 5.74) is 12.7. The molecule has 3 aromatic rings. The van der Waals surface area contributed by atoms with Gasteiger partial charge in [0.15, 0.2) is 5.43 Å². The van der Waals surface area contributed by atoms with Gasteiger partial charge < -0.3 is 21.0 Å². The summed E-state index contributed by atoms with van der Waals surface area (Å²) < 4.78 is 5.65. The minimum Gasteiger partial charge on any atom is -0.507 e. The number of nitrogens with two attached hydrogens (primary N) is 2. The largest absolute Gasteiger partial charge is 0.507 e. The molecular formula is C15H12N2O3. The average molecular weight is 268 g/mol. The smallest absolute Gasteiger partial charge is 0.195 e. The standard InChI is InChI=1S/C15H12N2O3/c16-8-4-5-9(11(18)6-8)14-7-12(19)15-10(17)2-1-3-13(15)20-14/h1-7,18H,16-17H2. The number of nitrogen functional groups attached to an aromatic ring is 2. The number of rotatable bonds is 1. The normalized spacial score (nSPS) is 10.8. The van der Waals surface area contributed by atoms with E-state index in [2.05, 4.69) is 0 Å². The zero-order valence-electron chi connectivity index (χ0n) is 10.5. The summed E-state index contributed by atoms with van der Waals surface area (Å²) in [6.45, 7) is 0. The number of phenols is 1. The van der Waals surface area contributed by atoms with Gasteiger partial charge in [-0.25, -0.2) is 0 Å². The van der Waals surface area contributed by atoms with Crippen molar-refractivity contribution in [2.75, 3.05) is 11.5 Å². The first-order valence-electron chi connectivity index (χ1n) is 5.97. The van der Waals surface area contributed by atoms with Crippen LogP contribution in [0.25, 0.3) is 22.3 Å². The second-order valence-electron chi connectivity index (χ2n) is 4.47. The van der Waals surface area contributed by atoms with E-state index in [0.29, 0.717) is 27.9 Å². The van der Waals surface area contributed by atoms with Crippen molar-refractivity contribution < 1.29 is 9.52 Å². The third kappa shape index (κ3) is 1.85. The van der Waals surface area contributed by atoms with E-state index < -0.39 is 0 Å². The third-order valence-electron chi connectivity index (χ3n) is 3.07. The van der Waals surface area contributed by atoms with E-state index >= 15 is 0 Å². The molecule has 3 rings (SSSR count). The number of anilines is 2. The Morgan fingerprint density at radius 1 is 1.05 bits per heavy atom. The molecule has 5 N–H and O–H groups in total. The van der Waals surface area contributed by atoms with Gasteiger partial charge in [-0.3, -0.25) is 4.79 Å². The summed E-state index contributed by atoms with van der Waals surface area (Å²) in [5, 5.41) is 10.2. The Kier molecular flexibility index (Phi) is 2.61. The summed E-state index contributed by atoms with van der Waals surface area (Å²) in [4.78, 5) is 12.1. The van der Waals surface area contributed by atoms with E-state index in [0.717, 1.165) is 0 Å². The molecule has 1 aromatic heterocycles. The van der Waals surface area contributed by atoms with Crippen LogP contribution in [-0.2, 0) is 0 Å². The van der Waals surface area contributed by atoms with Gasteiger partial charge in [-0.15, -0.1) is 0 Å². The molecule has 0 aliphatic rings. The van der Waals surface area contributed by atoms with Gasteiger partial charge in [0.05, 0.1) is 10.9 Å². The van der Waals surface area contributed by atoms with Crippen LogP contribution in [-0.4, -0.2) is 5.11 Å². The fraction of sp³-hybridized carbons (Fsp3) is 0. The van der Waals surface area contributed by atoms with Crippen molar-refractivity contribution in [2.24, 2.45) is 0 Å². The highest BCUT2D eigenvalue weighted by molar-refractivity contribution is 5.89. The molecule has 1 heterocycles. The van der Waals surface area contributed by atoms with Crippen LogP contribution in [0.2, 0.25) is 0 Å². The highest BCUT2D eigenvalue weighted by Gasteiger charge is 2.12. The van der Waals surface area contributed by atoms with Gasteiger partial charge in [0.2, 0.25) is 0 Å². The quantitative estimate of drug-likeness (QED) is 0.588. The summed E-state index contributed by atoms with van der Waals surface area (Å²) in [6, 6.07) is 10.9. The molecule has 0 atom stereocenters. The fourth-order valence-electron chi connectivity index (χ4n) is 2.13. The van der Waals surface area contributed by atoms with Gasteiger partial charge in [0.1, 0.15) is 17.1 Å². The van der Waals surface area contributed by atoms with Crippen LogP contribution in [0, 0.1) is 0 Å². The number of fused-ring (bicyclic) bond motifs is 1. The number of phenolic OH excluding ortho intramolecular Hbond substituents is 1. The second kappa shape index (κ2) is 4.31. The van der Waals surface area contributed by atoms with E-state index in [4.69, 9.17) is 15.9 Å². The first kappa shape index (κ1) is 12.1.